The Hall–Kier alpha value is -4.12. The third-order valence-corrected chi connectivity index (χ3v) is 9.63. The lowest BCUT2D eigenvalue weighted by atomic mass is 9.60. The second-order valence-corrected chi connectivity index (χ2v) is 12.3. The van der Waals surface area contributed by atoms with Gasteiger partial charge >= 0.3 is 7.12 Å². The zero-order chi connectivity index (χ0) is 28.0. The van der Waals surface area contributed by atoms with Gasteiger partial charge in [-0.25, -0.2) is 0 Å². The van der Waals surface area contributed by atoms with Gasteiger partial charge in [-0.1, -0.05) is 109 Å². The third-order valence-electron chi connectivity index (χ3n) is 9.63. The molecule has 2 aliphatic heterocycles. The molecule has 0 unspecified atom stereocenters. The Bertz CT molecular complexity index is 1770. The van der Waals surface area contributed by atoms with E-state index in [4.69, 9.17) is 14.0 Å². The minimum Gasteiger partial charge on any atom is -0.457 e. The molecule has 3 aliphatic rings. The average molecular weight is 534 g/mol. The van der Waals surface area contributed by atoms with E-state index in [1.165, 1.54) is 33.4 Å². The average Bonchev–Trinajstić information content (AvgIpc) is 3.15. The van der Waals surface area contributed by atoms with Gasteiger partial charge in [0, 0.05) is 16.6 Å². The second-order valence-electron chi connectivity index (χ2n) is 12.3. The number of rotatable bonds is 1. The first-order chi connectivity index (χ1) is 19.8. The van der Waals surface area contributed by atoms with Gasteiger partial charge in [0.25, 0.3) is 0 Å². The predicted molar refractivity (Wildman–Crippen MR) is 165 cm³/mol. The van der Waals surface area contributed by atoms with E-state index in [0.29, 0.717) is 0 Å². The first-order valence-electron chi connectivity index (χ1n) is 14.4. The summed E-state index contributed by atoms with van der Waals surface area (Å²) in [5, 5.41) is 0. The summed E-state index contributed by atoms with van der Waals surface area (Å²) >= 11 is 0. The lowest BCUT2D eigenvalue weighted by molar-refractivity contribution is 0.00578. The highest BCUT2D eigenvalue weighted by molar-refractivity contribution is 6.63. The van der Waals surface area contributed by atoms with Crippen LogP contribution in [0.25, 0.3) is 22.3 Å². The smallest absolute Gasteiger partial charge is 0.457 e. The molecule has 0 amide bonds. The number of fused-ring (bicyclic) bond motifs is 11. The molecule has 2 heterocycles. The van der Waals surface area contributed by atoms with Crippen LogP contribution in [-0.4, -0.2) is 18.3 Å². The van der Waals surface area contributed by atoms with Crippen molar-refractivity contribution in [2.45, 2.75) is 44.3 Å². The summed E-state index contributed by atoms with van der Waals surface area (Å²) < 4.78 is 20.1. The Morgan fingerprint density at radius 1 is 0.463 bits per heavy atom. The summed E-state index contributed by atoms with van der Waals surface area (Å²) in [6.45, 7) is 8.37. The molecule has 5 aromatic carbocycles. The maximum atomic E-state index is 6.87. The van der Waals surface area contributed by atoms with E-state index < -0.39 is 23.7 Å². The first-order valence-corrected chi connectivity index (χ1v) is 14.4. The van der Waals surface area contributed by atoms with Crippen molar-refractivity contribution in [3.63, 3.8) is 0 Å². The lowest BCUT2D eigenvalue weighted by Gasteiger charge is -2.43. The molecule has 1 saturated heterocycles. The minimum atomic E-state index is -0.629. The number of para-hydroxylation sites is 2. The van der Waals surface area contributed by atoms with Crippen molar-refractivity contribution < 1.29 is 14.0 Å². The number of ether oxygens (including phenoxy) is 1. The Kier molecular flexibility index (Phi) is 5.08. The van der Waals surface area contributed by atoms with E-state index in [1.54, 1.807) is 0 Å². The highest BCUT2D eigenvalue weighted by Crippen LogP contribution is 2.60. The van der Waals surface area contributed by atoms with Gasteiger partial charge in [0.15, 0.2) is 0 Å². The van der Waals surface area contributed by atoms with Gasteiger partial charge in [0.2, 0.25) is 0 Å². The van der Waals surface area contributed by atoms with Gasteiger partial charge in [-0.2, -0.15) is 0 Å². The highest BCUT2D eigenvalue weighted by atomic mass is 16.7. The van der Waals surface area contributed by atoms with E-state index in [-0.39, 0.29) is 0 Å². The van der Waals surface area contributed by atoms with Crippen molar-refractivity contribution in [1.29, 1.82) is 0 Å². The van der Waals surface area contributed by atoms with E-state index >= 15 is 0 Å². The molecular weight excluding hydrogens is 503 g/mol. The Morgan fingerprint density at radius 2 is 0.927 bits per heavy atom. The zero-order valence-corrected chi connectivity index (χ0v) is 23.8. The molecule has 0 saturated carbocycles. The van der Waals surface area contributed by atoms with Gasteiger partial charge in [-0.3, -0.25) is 0 Å². The predicted octanol–water partition coefficient (Wildman–Crippen LogP) is 8.12. The van der Waals surface area contributed by atoms with E-state index in [1.807, 2.05) is 0 Å². The first kappa shape index (κ1) is 24.7. The fourth-order valence-electron chi connectivity index (χ4n) is 7.01. The second kappa shape index (κ2) is 8.45. The third kappa shape index (κ3) is 3.23. The summed E-state index contributed by atoms with van der Waals surface area (Å²) in [4.78, 5) is 0. The number of benzene rings is 5. The molecule has 0 bridgehead atoms. The molecule has 8 rings (SSSR count). The standard InChI is InChI=1S/C37H31BO3/c1-35(2)36(3,4)41-38(40-35)32-22-13-21-31-34(32)39-33-23-12-11-20-30(33)37(31)28-18-9-7-16-26(28)24-14-5-6-15-25(24)27-17-8-10-19-29(27)37/h5-23H,1-4H3. The fraction of sp³-hybridized carbons (Fsp3) is 0.189. The van der Waals surface area contributed by atoms with Gasteiger partial charge in [0.1, 0.15) is 11.5 Å². The van der Waals surface area contributed by atoms with Gasteiger partial charge in [-0.15, -0.1) is 0 Å². The number of hydrogen-bond acceptors (Lipinski definition) is 3. The molecule has 4 heteroatoms. The molecule has 0 radical (unpaired) electrons. The molecule has 1 fully saturated rings. The summed E-state index contributed by atoms with van der Waals surface area (Å²) in [7, 11) is -0.550. The molecule has 5 aromatic rings. The maximum absolute atomic E-state index is 6.87. The fourth-order valence-corrected chi connectivity index (χ4v) is 7.01. The normalized spacial score (nSPS) is 18.3. The highest BCUT2D eigenvalue weighted by Gasteiger charge is 2.55. The summed E-state index contributed by atoms with van der Waals surface area (Å²) in [6.07, 6.45) is 0. The van der Waals surface area contributed by atoms with Crippen molar-refractivity contribution in [1.82, 2.24) is 0 Å². The van der Waals surface area contributed by atoms with Crippen LogP contribution < -0.4 is 10.2 Å². The molecule has 1 aliphatic carbocycles. The van der Waals surface area contributed by atoms with Crippen molar-refractivity contribution in [2.75, 3.05) is 0 Å². The molecule has 41 heavy (non-hydrogen) atoms. The van der Waals surface area contributed by atoms with E-state index in [9.17, 15) is 0 Å². The quantitative estimate of drug-likeness (QED) is 0.199. The van der Waals surface area contributed by atoms with Crippen molar-refractivity contribution >= 4 is 12.6 Å². The van der Waals surface area contributed by atoms with Crippen LogP contribution in [-0.2, 0) is 14.7 Å². The summed E-state index contributed by atoms with van der Waals surface area (Å²) in [6, 6.07) is 41.4. The van der Waals surface area contributed by atoms with Crippen molar-refractivity contribution in [3.8, 4) is 33.8 Å². The Morgan fingerprint density at radius 3 is 1.51 bits per heavy atom. The largest absolute Gasteiger partial charge is 0.498 e. The van der Waals surface area contributed by atoms with Crippen LogP contribution in [0.15, 0.2) is 115 Å². The Labute approximate surface area is 241 Å². The molecule has 200 valence electrons. The monoisotopic (exact) mass is 534 g/mol. The van der Waals surface area contributed by atoms with E-state index in [2.05, 4.69) is 143 Å². The van der Waals surface area contributed by atoms with Gasteiger partial charge in [0.05, 0.1) is 16.6 Å². The topological polar surface area (TPSA) is 27.7 Å². The number of hydrogen-bond donors (Lipinski definition) is 0. The Balaban J connectivity index is 1.52. The van der Waals surface area contributed by atoms with Crippen molar-refractivity contribution in [3.05, 3.63) is 138 Å². The maximum Gasteiger partial charge on any atom is 0.498 e. The molecule has 0 N–H and O–H groups in total. The van der Waals surface area contributed by atoms with Gasteiger partial charge < -0.3 is 14.0 Å². The van der Waals surface area contributed by atoms with Crippen LogP contribution in [0.3, 0.4) is 0 Å². The minimum absolute atomic E-state index is 0.464. The van der Waals surface area contributed by atoms with Crippen LogP contribution in [0.5, 0.6) is 11.5 Å². The van der Waals surface area contributed by atoms with Gasteiger partial charge in [-0.05, 0) is 67.1 Å². The molecule has 0 aromatic heterocycles. The molecule has 3 nitrogen and oxygen atoms in total. The molecular formula is C37H31BO3. The van der Waals surface area contributed by atoms with Crippen LogP contribution in [0.4, 0.5) is 0 Å². The summed E-state index contributed by atoms with van der Waals surface area (Å²) in [5.74, 6) is 1.65. The zero-order valence-electron chi connectivity index (χ0n) is 23.8. The molecule has 0 atom stereocenters. The van der Waals surface area contributed by atoms with Crippen LogP contribution in [0.1, 0.15) is 49.9 Å². The van der Waals surface area contributed by atoms with Crippen LogP contribution in [0, 0.1) is 0 Å². The van der Waals surface area contributed by atoms with E-state index in [0.717, 1.165) is 28.1 Å². The molecule has 1 spiro atoms. The van der Waals surface area contributed by atoms with Crippen LogP contribution >= 0.6 is 0 Å². The van der Waals surface area contributed by atoms with Crippen LogP contribution in [0.2, 0.25) is 0 Å². The SMILES string of the molecule is CC1(C)OB(c2cccc3c2Oc2ccccc2C32c3ccccc3-c3ccccc3-c3ccccc32)OC1(C)C. The van der Waals surface area contributed by atoms with Crippen molar-refractivity contribution in [2.24, 2.45) is 0 Å². The lowest BCUT2D eigenvalue weighted by Crippen LogP contribution is -2.41. The summed E-state index contributed by atoms with van der Waals surface area (Å²) in [5.41, 5.74) is 8.97.